The number of ether oxygens (including phenoxy) is 1. The van der Waals surface area contributed by atoms with E-state index in [1.807, 2.05) is 24.4 Å². The molecular formula is C17H14BrN3O2. The van der Waals surface area contributed by atoms with E-state index in [2.05, 4.69) is 31.4 Å². The van der Waals surface area contributed by atoms with E-state index in [1.54, 1.807) is 37.6 Å². The molecule has 0 aliphatic carbocycles. The Balaban J connectivity index is 1.72. The van der Waals surface area contributed by atoms with Crippen molar-refractivity contribution in [2.75, 3.05) is 7.11 Å². The fourth-order valence-corrected chi connectivity index (χ4v) is 2.55. The molecule has 3 aromatic rings. The lowest BCUT2D eigenvalue weighted by Crippen LogP contribution is -2.17. The van der Waals surface area contributed by atoms with Crippen LogP contribution in [0.3, 0.4) is 0 Å². The number of benzene rings is 2. The van der Waals surface area contributed by atoms with Crippen molar-refractivity contribution in [2.45, 2.75) is 0 Å². The fourth-order valence-electron chi connectivity index (χ4n) is 2.19. The van der Waals surface area contributed by atoms with Crippen molar-refractivity contribution >= 4 is 39.0 Å². The molecule has 0 aliphatic rings. The molecular weight excluding hydrogens is 358 g/mol. The zero-order valence-corrected chi connectivity index (χ0v) is 13.9. The summed E-state index contributed by atoms with van der Waals surface area (Å²) < 4.78 is 6.05. The van der Waals surface area contributed by atoms with Crippen LogP contribution >= 0.6 is 15.9 Å². The highest BCUT2D eigenvalue weighted by molar-refractivity contribution is 9.10. The quantitative estimate of drug-likeness (QED) is 0.542. The first-order valence-corrected chi connectivity index (χ1v) is 7.71. The van der Waals surface area contributed by atoms with Crippen molar-refractivity contribution in [1.29, 1.82) is 0 Å². The lowest BCUT2D eigenvalue weighted by atomic mass is 10.2. The number of methoxy groups -OCH3 is 1. The first-order valence-electron chi connectivity index (χ1n) is 6.91. The number of aromatic amines is 1. The number of carbonyl (C=O) groups excluding carboxylic acids is 1. The maximum Gasteiger partial charge on any atom is 0.271 e. The summed E-state index contributed by atoms with van der Waals surface area (Å²) in [7, 11) is 1.58. The minimum Gasteiger partial charge on any atom is -0.497 e. The SMILES string of the molecule is COc1ccc(C(=O)N/N=C\c2c[nH]c3ccc(Br)cc23)cc1. The van der Waals surface area contributed by atoms with Crippen LogP contribution < -0.4 is 10.2 Å². The maximum absolute atomic E-state index is 12.0. The van der Waals surface area contributed by atoms with E-state index < -0.39 is 0 Å². The molecule has 3 rings (SSSR count). The normalized spacial score (nSPS) is 11.0. The maximum atomic E-state index is 12.0. The van der Waals surface area contributed by atoms with E-state index in [9.17, 15) is 4.79 Å². The molecule has 1 amide bonds. The van der Waals surface area contributed by atoms with Gasteiger partial charge in [0.15, 0.2) is 0 Å². The molecule has 0 saturated heterocycles. The highest BCUT2D eigenvalue weighted by Crippen LogP contribution is 2.21. The molecule has 1 heterocycles. The molecule has 0 spiro atoms. The van der Waals surface area contributed by atoms with E-state index in [-0.39, 0.29) is 5.91 Å². The van der Waals surface area contributed by atoms with Gasteiger partial charge in [-0.1, -0.05) is 15.9 Å². The van der Waals surface area contributed by atoms with Crippen molar-refractivity contribution in [3.05, 3.63) is 64.3 Å². The minimum atomic E-state index is -0.273. The fraction of sp³-hybridized carbons (Fsp3) is 0.0588. The van der Waals surface area contributed by atoms with Crippen LogP contribution in [-0.2, 0) is 0 Å². The number of halogens is 1. The number of rotatable bonds is 4. The van der Waals surface area contributed by atoms with E-state index in [4.69, 9.17) is 4.74 Å². The van der Waals surface area contributed by atoms with Gasteiger partial charge in [0.1, 0.15) is 5.75 Å². The Labute approximate surface area is 141 Å². The number of hydrazone groups is 1. The molecule has 23 heavy (non-hydrogen) atoms. The minimum absolute atomic E-state index is 0.273. The second kappa shape index (κ2) is 6.66. The van der Waals surface area contributed by atoms with Gasteiger partial charge in [-0.3, -0.25) is 4.79 Å². The summed E-state index contributed by atoms with van der Waals surface area (Å²) in [5.74, 6) is 0.430. The van der Waals surface area contributed by atoms with Crippen LogP contribution in [0.2, 0.25) is 0 Å². The average molecular weight is 372 g/mol. The third-order valence-corrected chi connectivity index (χ3v) is 3.89. The van der Waals surface area contributed by atoms with Crippen LogP contribution in [0.1, 0.15) is 15.9 Å². The number of hydrogen-bond acceptors (Lipinski definition) is 3. The lowest BCUT2D eigenvalue weighted by Gasteiger charge is -2.02. The van der Waals surface area contributed by atoms with Gasteiger partial charge in [0.2, 0.25) is 0 Å². The van der Waals surface area contributed by atoms with Crippen molar-refractivity contribution in [3.8, 4) is 5.75 Å². The van der Waals surface area contributed by atoms with Gasteiger partial charge in [-0.05, 0) is 42.5 Å². The van der Waals surface area contributed by atoms with Gasteiger partial charge >= 0.3 is 0 Å². The van der Waals surface area contributed by atoms with E-state index >= 15 is 0 Å². The smallest absolute Gasteiger partial charge is 0.271 e. The molecule has 0 unspecified atom stereocenters. The number of amides is 1. The average Bonchev–Trinajstić information content (AvgIpc) is 2.97. The molecule has 116 valence electrons. The summed E-state index contributed by atoms with van der Waals surface area (Å²) in [6, 6.07) is 12.8. The predicted molar refractivity (Wildman–Crippen MR) is 94.1 cm³/mol. The molecule has 0 radical (unpaired) electrons. The number of nitrogens with one attached hydrogen (secondary N) is 2. The molecule has 0 aliphatic heterocycles. The predicted octanol–water partition coefficient (Wildman–Crippen LogP) is 3.70. The Hall–Kier alpha value is -2.60. The third kappa shape index (κ3) is 3.43. The van der Waals surface area contributed by atoms with Gasteiger partial charge in [0.25, 0.3) is 5.91 Å². The lowest BCUT2D eigenvalue weighted by molar-refractivity contribution is 0.0955. The number of nitrogens with zero attached hydrogens (tertiary/aromatic N) is 1. The topological polar surface area (TPSA) is 66.5 Å². The molecule has 0 fully saturated rings. The summed E-state index contributed by atoms with van der Waals surface area (Å²) >= 11 is 3.45. The van der Waals surface area contributed by atoms with Crippen molar-refractivity contribution in [3.63, 3.8) is 0 Å². The van der Waals surface area contributed by atoms with E-state index in [0.717, 1.165) is 20.9 Å². The van der Waals surface area contributed by atoms with Gasteiger partial charge in [-0.15, -0.1) is 0 Å². The van der Waals surface area contributed by atoms with E-state index in [1.165, 1.54) is 0 Å². The van der Waals surface area contributed by atoms with Crippen LogP contribution in [0.5, 0.6) is 5.75 Å². The zero-order valence-electron chi connectivity index (χ0n) is 12.3. The second-order valence-corrected chi connectivity index (χ2v) is 5.78. The van der Waals surface area contributed by atoms with Gasteiger partial charge in [0, 0.05) is 32.7 Å². The molecule has 6 heteroatoms. The van der Waals surface area contributed by atoms with Gasteiger partial charge in [0.05, 0.1) is 13.3 Å². The molecule has 0 atom stereocenters. The second-order valence-electron chi connectivity index (χ2n) is 4.86. The Morgan fingerprint density at radius 1 is 1.26 bits per heavy atom. The number of carbonyl (C=O) groups is 1. The number of hydrogen-bond donors (Lipinski definition) is 2. The molecule has 0 bridgehead atoms. The highest BCUT2D eigenvalue weighted by Gasteiger charge is 2.05. The number of aromatic nitrogens is 1. The molecule has 2 aromatic carbocycles. The van der Waals surface area contributed by atoms with Crippen molar-refractivity contribution in [2.24, 2.45) is 5.10 Å². The van der Waals surface area contributed by atoms with Crippen molar-refractivity contribution < 1.29 is 9.53 Å². The van der Waals surface area contributed by atoms with Crippen LogP contribution in [0, 0.1) is 0 Å². The Bertz CT molecular complexity index is 869. The summed E-state index contributed by atoms with van der Waals surface area (Å²) in [6.45, 7) is 0. The first kappa shape index (κ1) is 15.3. The summed E-state index contributed by atoms with van der Waals surface area (Å²) in [4.78, 5) is 15.2. The number of fused-ring (bicyclic) bond motifs is 1. The van der Waals surface area contributed by atoms with E-state index in [0.29, 0.717) is 11.3 Å². The molecule has 1 aromatic heterocycles. The monoisotopic (exact) mass is 371 g/mol. The van der Waals surface area contributed by atoms with Crippen LogP contribution in [0.25, 0.3) is 10.9 Å². The molecule has 2 N–H and O–H groups in total. The van der Waals surface area contributed by atoms with Gasteiger partial charge in [-0.25, -0.2) is 5.43 Å². The van der Waals surface area contributed by atoms with Crippen LogP contribution in [0.4, 0.5) is 0 Å². The Morgan fingerprint density at radius 3 is 2.78 bits per heavy atom. The van der Waals surface area contributed by atoms with Crippen LogP contribution in [0.15, 0.2) is 58.2 Å². The highest BCUT2D eigenvalue weighted by atomic mass is 79.9. The van der Waals surface area contributed by atoms with Gasteiger partial charge < -0.3 is 9.72 Å². The summed E-state index contributed by atoms with van der Waals surface area (Å²) in [5, 5.41) is 5.05. The summed E-state index contributed by atoms with van der Waals surface area (Å²) in [6.07, 6.45) is 3.47. The zero-order chi connectivity index (χ0) is 16.2. The largest absolute Gasteiger partial charge is 0.497 e. The molecule has 0 saturated carbocycles. The summed E-state index contributed by atoms with van der Waals surface area (Å²) in [5.41, 5.74) is 4.95. The molecule has 5 nitrogen and oxygen atoms in total. The Morgan fingerprint density at radius 2 is 2.04 bits per heavy atom. The Kier molecular flexibility index (Phi) is 4.43. The van der Waals surface area contributed by atoms with Gasteiger partial charge in [-0.2, -0.15) is 5.10 Å². The number of H-pyrrole nitrogens is 1. The standard InChI is InChI=1S/C17H14BrN3O2/c1-23-14-5-2-11(3-6-14)17(22)21-20-10-12-9-19-16-7-4-13(18)8-15(12)16/h2-10,19H,1H3,(H,21,22)/b20-10-. The first-order chi connectivity index (χ1) is 11.2. The van der Waals surface area contributed by atoms with Crippen LogP contribution in [-0.4, -0.2) is 24.2 Å². The third-order valence-electron chi connectivity index (χ3n) is 3.40. The van der Waals surface area contributed by atoms with Crippen molar-refractivity contribution in [1.82, 2.24) is 10.4 Å².